The van der Waals surface area contributed by atoms with Crippen LogP contribution in [0.1, 0.15) is 17.4 Å². The molecule has 0 spiro atoms. The van der Waals surface area contributed by atoms with Crippen LogP contribution in [-0.4, -0.2) is 27.6 Å². The summed E-state index contributed by atoms with van der Waals surface area (Å²) in [6.07, 6.45) is 0. The highest BCUT2D eigenvalue weighted by atomic mass is 35.5. The standard InChI is InChI=1S/C18H14Cl2N4O4/c1-2-28-11-4-6-14(17(8-11)24(26)27)21-18(25)16-9-15(22-23-16)12-5-3-10(19)7-13(12)20/h3-9H,2H2,1H3,(H,21,25)(H,22,23). The fraction of sp³-hybridized carbons (Fsp3) is 0.111. The lowest BCUT2D eigenvalue weighted by atomic mass is 10.1. The number of hydrogen-bond donors (Lipinski definition) is 2. The molecule has 2 aromatic carbocycles. The predicted octanol–water partition coefficient (Wildman–Crippen LogP) is 4.94. The zero-order valence-electron chi connectivity index (χ0n) is 14.5. The molecule has 0 fully saturated rings. The molecule has 0 saturated carbocycles. The maximum absolute atomic E-state index is 12.5. The smallest absolute Gasteiger partial charge is 0.296 e. The fourth-order valence-corrected chi connectivity index (χ4v) is 2.99. The maximum atomic E-state index is 12.5. The van der Waals surface area contributed by atoms with E-state index < -0.39 is 10.8 Å². The van der Waals surface area contributed by atoms with Gasteiger partial charge in [-0.3, -0.25) is 20.0 Å². The predicted molar refractivity (Wildman–Crippen MR) is 106 cm³/mol. The molecule has 3 aromatic rings. The second-order valence-corrected chi connectivity index (χ2v) is 6.46. The zero-order chi connectivity index (χ0) is 20.3. The first kappa shape index (κ1) is 19.7. The Bertz CT molecular complexity index is 1050. The van der Waals surface area contributed by atoms with Gasteiger partial charge in [0.15, 0.2) is 0 Å². The average Bonchev–Trinajstić information content (AvgIpc) is 3.13. The van der Waals surface area contributed by atoms with E-state index in [2.05, 4.69) is 15.5 Å². The molecule has 10 heteroatoms. The number of nitro benzene ring substituents is 1. The highest BCUT2D eigenvalue weighted by Gasteiger charge is 2.20. The molecule has 3 rings (SSSR count). The maximum Gasteiger partial charge on any atom is 0.296 e. The summed E-state index contributed by atoms with van der Waals surface area (Å²) in [5, 5.41) is 21.3. The molecular weight excluding hydrogens is 407 g/mol. The number of carbonyl (C=O) groups excluding carboxylic acids is 1. The molecule has 28 heavy (non-hydrogen) atoms. The molecule has 0 bridgehead atoms. The third-order valence-corrected chi connectivity index (χ3v) is 4.30. The van der Waals surface area contributed by atoms with Crippen molar-refractivity contribution < 1.29 is 14.5 Å². The highest BCUT2D eigenvalue weighted by Crippen LogP contribution is 2.31. The SMILES string of the molecule is CCOc1ccc(NC(=O)c2cc(-c3ccc(Cl)cc3Cl)n[nH]2)c([N+](=O)[O-])c1. The molecule has 0 saturated heterocycles. The van der Waals surface area contributed by atoms with Gasteiger partial charge in [0.05, 0.1) is 28.3 Å². The van der Waals surface area contributed by atoms with E-state index in [-0.39, 0.29) is 17.1 Å². The highest BCUT2D eigenvalue weighted by molar-refractivity contribution is 6.36. The van der Waals surface area contributed by atoms with E-state index in [4.69, 9.17) is 27.9 Å². The molecule has 0 atom stereocenters. The van der Waals surface area contributed by atoms with Gasteiger partial charge < -0.3 is 10.1 Å². The average molecular weight is 421 g/mol. The lowest BCUT2D eigenvalue weighted by Gasteiger charge is -2.07. The minimum atomic E-state index is -0.593. The molecule has 1 heterocycles. The van der Waals surface area contributed by atoms with Crippen molar-refractivity contribution in [2.45, 2.75) is 6.92 Å². The van der Waals surface area contributed by atoms with Crippen LogP contribution in [0.25, 0.3) is 11.3 Å². The van der Waals surface area contributed by atoms with Crippen molar-refractivity contribution in [1.82, 2.24) is 10.2 Å². The van der Waals surface area contributed by atoms with E-state index in [0.717, 1.165) is 0 Å². The first-order valence-electron chi connectivity index (χ1n) is 8.12. The Balaban J connectivity index is 1.84. The summed E-state index contributed by atoms with van der Waals surface area (Å²) in [6.45, 7) is 2.14. The van der Waals surface area contributed by atoms with Gasteiger partial charge in [-0.05, 0) is 43.3 Å². The third kappa shape index (κ3) is 4.24. The van der Waals surface area contributed by atoms with Crippen LogP contribution in [0.3, 0.4) is 0 Å². The summed E-state index contributed by atoms with van der Waals surface area (Å²) < 4.78 is 5.26. The number of nitro groups is 1. The minimum Gasteiger partial charge on any atom is -0.494 e. The summed E-state index contributed by atoms with van der Waals surface area (Å²) in [7, 11) is 0. The van der Waals surface area contributed by atoms with Crippen molar-refractivity contribution in [1.29, 1.82) is 0 Å². The number of H-pyrrole nitrogens is 1. The number of benzene rings is 2. The van der Waals surface area contributed by atoms with Crippen LogP contribution in [0.2, 0.25) is 10.0 Å². The number of hydrogen-bond acceptors (Lipinski definition) is 5. The number of anilines is 1. The Morgan fingerprint density at radius 3 is 2.71 bits per heavy atom. The van der Waals surface area contributed by atoms with E-state index >= 15 is 0 Å². The first-order chi connectivity index (χ1) is 13.4. The number of nitrogens with zero attached hydrogens (tertiary/aromatic N) is 2. The van der Waals surface area contributed by atoms with Crippen molar-refractivity contribution in [2.75, 3.05) is 11.9 Å². The Morgan fingerprint density at radius 2 is 2.04 bits per heavy atom. The van der Waals surface area contributed by atoms with Gasteiger partial charge in [0.25, 0.3) is 11.6 Å². The van der Waals surface area contributed by atoms with Crippen LogP contribution < -0.4 is 10.1 Å². The van der Waals surface area contributed by atoms with Crippen molar-refractivity contribution in [3.8, 4) is 17.0 Å². The molecule has 0 aliphatic heterocycles. The van der Waals surface area contributed by atoms with Gasteiger partial charge in [-0.1, -0.05) is 23.2 Å². The van der Waals surface area contributed by atoms with Gasteiger partial charge in [0, 0.05) is 10.6 Å². The van der Waals surface area contributed by atoms with E-state index in [9.17, 15) is 14.9 Å². The van der Waals surface area contributed by atoms with E-state index in [1.165, 1.54) is 24.3 Å². The Hall–Kier alpha value is -3.10. The molecule has 0 aliphatic rings. The minimum absolute atomic E-state index is 0.0409. The lowest BCUT2D eigenvalue weighted by Crippen LogP contribution is -2.13. The first-order valence-corrected chi connectivity index (χ1v) is 8.88. The topological polar surface area (TPSA) is 110 Å². The van der Waals surface area contributed by atoms with Crippen molar-refractivity contribution >= 4 is 40.5 Å². The number of halogens is 2. The molecule has 144 valence electrons. The van der Waals surface area contributed by atoms with Gasteiger partial charge in [-0.2, -0.15) is 5.10 Å². The molecule has 0 aliphatic carbocycles. The van der Waals surface area contributed by atoms with Crippen LogP contribution in [0.5, 0.6) is 5.75 Å². The van der Waals surface area contributed by atoms with Crippen LogP contribution in [0, 0.1) is 10.1 Å². The Labute approximate surface area is 169 Å². The van der Waals surface area contributed by atoms with Crippen molar-refractivity contribution in [3.05, 3.63) is 68.3 Å². The van der Waals surface area contributed by atoms with Gasteiger partial charge >= 0.3 is 0 Å². The lowest BCUT2D eigenvalue weighted by molar-refractivity contribution is -0.384. The van der Waals surface area contributed by atoms with Gasteiger partial charge in [-0.25, -0.2) is 0 Å². The summed E-state index contributed by atoms with van der Waals surface area (Å²) in [4.78, 5) is 23.2. The third-order valence-electron chi connectivity index (χ3n) is 3.75. The summed E-state index contributed by atoms with van der Waals surface area (Å²) >= 11 is 12.0. The van der Waals surface area contributed by atoms with Crippen LogP contribution in [-0.2, 0) is 0 Å². The van der Waals surface area contributed by atoms with Crippen LogP contribution in [0.15, 0.2) is 42.5 Å². The Morgan fingerprint density at radius 1 is 1.25 bits per heavy atom. The molecule has 2 N–H and O–H groups in total. The van der Waals surface area contributed by atoms with Crippen molar-refractivity contribution in [2.24, 2.45) is 0 Å². The van der Waals surface area contributed by atoms with E-state index in [0.29, 0.717) is 33.7 Å². The van der Waals surface area contributed by atoms with Crippen molar-refractivity contribution in [3.63, 3.8) is 0 Å². The zero-order valence-corrected chi connectivity index (χ0v) is 16.0. The summed E-state index contributed by atoms with van der Waals surface area (Å²) in [5.41, 5.74) is 0.907. The number of aromatic nitrogens is 2. The molecule has 0 unspecified atom stereocenters. The number of aromatic amines is 1. The normalized spacial score (nSPS) is 10.5. The van der Waals surface area contributed by atoms with Crippen LogP contribution >= 0.6 is 23.2 Å². The molecule has 8 nitrogen and oxygen atoms in total. The van der Waals surface area contributed by atoms with E-state index in [1.807, 2.05) is 0 Å². The van der Waals surface area contributed by atoms with E-state index in [1.54, 1.807) is 25.1 Å². The molecule has 1 aromatic heterocycles. The quantitative estimate of drug-likeness (QED) is 0.433. The number of carbonyl (C=O) groups is 1. The van der Waals surface area contributed by atoms with Gasteiger partial charge in [0.2, 0.25) is 0 Å². The van der Waals surface area contributed by atoms with Gasteiger partial charge in [-0.15, -0.1) is 0 Å². The second-order valence-electron chi connectivity index (χ2n) is 5.61. The molecule has 1 amide bonds. The van der Waals surface area contributed by atoms with Gasteiger partial charge in [0.1, 0.15) is 17.1 Å². The molecular formula is C18H14Cl2N4O4. The number of amides is 1. The second kappa shape index (κ2) is 8.28. The largest absolute Gasteiger partial charge is 0.494 e. The number of nitrogens with one attached hydrogen (secondary N) is 2. The molecule has 0 radical (unpaired) electrons. The Kier molecular flexibility index (Phi) is 5.81. The monoisotopic (exact) mass is 420 g/mol. The van der Waals surface area contributed by atoms with Crippen LogP contribution in [0.4, 0.5) is 11.4 Å². The number of ether oxygens (including phenoxy) is 1. The number of rotatable bonds is 6. The summed E-state index contributed by atoms with van der Waals surface area (Å²) in [6, 6.07) is 10.6. The fourth-order valence-electron chi connectivity index (χ4n) is 2.49. The summed E-state index contributed by atoms with van der Waals surface area (Å²) in [5.74, 6) is -0.246.